The van der Waals surface area contributed by atoms with E-state index in [-0.39, 0.29) is 12.0 Å². The van der Waals surface area contributed by atoms with Gasteiger partial charge < -0.3 is 5.73 Å². The van der Waals surface area contributed by atoms with Crippen LogP contribution < -0.4 is 5.73 Å². The van der Waals surface area contributed by atoms with Gasteiger partial charge in [-0.1, -0.05) is 31.8 Å². The molecule has 1 fully saturated rings. The van der Waals surface area contributed by atoms with E-state index in [0.29, 0.717) is 23.5 Å². The van der Waals surface area contributed by atoms with Crippen LogP contribution in [0.4, 0.5) is 0 Å². The lowest BCUT2D eigenvalue weighted by Crippen LogP contribution is -2.30. The maximum Gasteiger partial charge on any atom is 0.243 e. The zero-order valence-electron chi connectivity index (χ0n) is 12.8. The number of nitrogens with zero attached hydrogens (tertiary/aromatic N) is 1. The van der Waals surface area contributed by atoms with Gasteiger partial charge in [-0.2, -0.15) is 4.31 Å². The average molecular weight is 306 g/mol. The van der Waals surface area contributed by atoms with E-state index in [1.807, 2.05) is 13.0 Å². The molecule has 5 heteroatoms. The van der Waals surface area contributed by atoms with Crippen LogP contribution in [0.5, 0.6) is 0 Å². The Labute approximate surface area is 127 Å². The van der Waals surface area contributed by atoms with Gasteiger partial charge in [-0.05, 0) is 36.5 Å². The first-order valence-corrected chi connectivity index (χ1v) is 8.50. The summed E-state index contributed by atoms with van der Waals surface area (Å²) in [4.78, 5) is 0.351. The molecule has 114 valence electrons. The van der Waals surface area contributed by atoms with Crippen molar-refractivity contribution in [2.75, 3.05) is 19.6 Å². The second kappa shape index (κ2) is 5.80. The van der Waals surface area contributed by atoms with E-state index >= 15 is 0 Å². The molecule has 0 amide bonds. The molecule has 2 N–H and O–H groups in total. The van der Waals surface area contributed by atoms with E-state index in [2.05, 4.69) is 25.7 Å². The minimum atomic E-state index is -3.45. The van der Waals surface area contributed by atoms with Crippen molar-refractivity contribution < 1.29 is 8.42 Å². The third-order valence-electron chi connectivity index (χ3n) is 3.78. The molecule has 2 rings (SSSR count). The van der Waals surface area contributed by atoms with Gasteiger partial charge in [-0.15, -0.1) is 0 Å². The van der Waals surface area contributed by atoms with E-state index in [1.54, 1.807) is 16.4 Å². The second-order valence-corrected chi connectivity index (χ2v) is 8.15. The van der Waals surface area contributed by atoms with E-state index in [9.17, 15) is 8.42 Å². The summed E-state index contributed by atoms with van der Waals surface area (Å²) < 4.78 is 27.2. The van der Waals surface area contributed by atoms with Crippen molar-refractivity contribution in [3.05, 3.63) is 29.3 Å². The molecule has 1 aromatic carbocycles. The molecule has 0 atom stereocenters. The zero-order valence-corrected chi connectivity index (χ0v) is 13.6. The summed E-state index contributed by atoms with van der Waals surface area (Å²) in [6, 6.07) is 5.28. The second-order valence-electron chi connectivity index (χ2n) is 6.24. The Bertz CT molecular complexity index is 697. The van der Waals surface area contributed by atoms with Crippen LogP contribution in [0.25, 0.3) is 0 Å². The third kappa shape index (κ3) is 3.46. The average Bonchev–Trinajstić information content (AvgIpc) is 2.78. The van der Waals surface area contributed by atoms with Gasteiger partial charge in [-0.25, -0.2) is 8.42 Å². The number of sulfonamides is 1. The number of nitrogens with two attached hydrogens (primary N) is 1. The van der Waals surface area contributed by atoms with Gasteiger partial charge in [-0.3, -0.25) is 0 Å². The Kier molecular flexibility index (Phi) is 4.43. The Morgan fingerprint density at radius 1 is 1.38 bits per heavy atom. The van der Waals surface area contributed by atoms with Gasteiger partial charge in [0.2, 0.25) is 10.0 Å². The summed E-state index contributed by atoms with van der Waals surface area (Å²) >= 11 is 0. The van der Waals surface area contributed by atoms with E-state index < -0.39 is 10.0 Å². The molecule has 4 nitrogen and oxygen atoms in total. The van der Waals surface area contributed by atoms with Gasteiger partial charge in [0.05, 0.1) is 11.4 Å². The van der Waals surface area contributed by atoms with E-state index in [1.165, 1.54) is 0 Å². The molecule has 1 aliphatic heterocycles. The number of aryl methyl sites for hydroxylation is 1. The molecule has 1 saturated heterocycles. The quantitative estimate of drug-likeness (QED) is 0.846. The van der Waals surface area contributed by atoms with Crippen molar-refractivity contribution in [1.29, 1.82) is 0 Å². The SMILES string of the molecule is Cc1ccc(C#CCN)cc1S(=O)(=O)N1CCC(C)(C)C1. The molecule has 1 aliphatic rings. The standard InChI is InChI=1S/C16H22N2O2S/c1-13-6-7-14(5-4-9-17)11-15(13)21(19,20)18-10-8-16(2,3)12-18/h6-7,11H,8-10,12,17H2,1-3H3. The lowest BCUT2D eigenvalue weighted by molar-refractivity contribution is 0.375. The molecule has 0 spiro atoms. The Balaban J connectivity index is 2.40. The summed E-state index contributed by atoms with van der Waals surface area (Å²) in [7, 11) is -3.45. The number of hydrogen-bond donors (Lipinski definition) is 1. The molecule has 0 aromatic heterocycles. The molecular formula is C16H22N2O2S. The summed E-state index contributed by atoms with van der Waals surface area (Å²) in [6.45, 7) is 7.41. The number of rotatable bonds is 2. The largest absolute Gasteiger partial charge is 0.320 e. The third-order valence-corrected chi connectivity index (χ3v) is 5.77. The van der Waals surface area contributed by atoms with Gasteiger partial charge in [0.25, 0.3) is 0 Å². The maximum atomic E-state index is 12.8. The van der Waals surface area contributed by atoms with E-state index in [0.717, 1.165) is 12.0 Å². The maximum absolute atomic E-state index is 12.8. The van der Waals surface area contributed by atoms with Crippen molar-refractivity contribution in [3.63, 3.8) is 0 Å². The highest BCUT2D eigenvalue weighted by molar-refractivity contribution is 7.89. The smallest absolute Gasteiger partial charge is 0.243 e. The first-order valence-electron chi connectivity index (χ1n) is 7.06. The fourth-order valence-corrected chi connectivity index (χ4v) is 4.40. The number of hydrogen-bond acceptors (Lipinski definition) is 3. The number of benzene rings is 1. The Hall–Kier alpha value is -1.35. The van der Waals surface area contributed by atoms with Crippen LogP contribution >= 0.6 is 0 Å². The lowest BCUT2D eigenvalue weighted by Gasteiger charge is -2.20. The van der Waals surface area contributed by atoms with Crippen LogP contribution in [-0.4, -0.2) is 32.4 Å². The normalized spacial score (nSPS) is 18.3. The van der Waals surface area contributed by atoms with Gasteiger partial charge >= 0.3 is 0 Å². The first kappa shape index (κ1) is 16.0. The minimum absolute atomic E-state index is 0.0396. The van der Waals surface area contributed by atoms with E-state index in [4.69, 9.17) is 5.73 Å². The highest BCUT2D eigenvalue weighted by Crippen LogP contribution is 2.33. The minimum Gasteiger partial charge on any atom is -0.320 e. The van der Waals surface area contributed by atoms with Crippen molar-refractivity contribution in [1.82, 2.24) is 4.31 Å². The fraction of sp³-hybridized carbons (Fsp3) is 0.500. The highest BCUT2D eigenvalue weighted by atomic mass is 32.2. The Morgan fingerprint density at radius 2 is 2.10 bits per heavy atom. The molecule has 0 aliphatic carbocycles. The Morgan fingerprint density at radius 3 is 2.67 bits per heavy atom. The van der Waals surface area contributed by atoms with Crippen molar-refractivity contribution in [3.8, 4) is 11.8 Å². The lowest BCUT2D eigenvalue weighted by atomic mass is 9.93. The predicted octanol–water partition coefficient (Wildman–Crippen LogP) is 1.73. The van der Waals surface area contributed by atoms with Crippen LogP contribution in [0.3, 0.4) is 0 Å². The van der Waals surface area contributed by atoms with Crippen molar-refractivity contribution in [2.45, 2.75) is 32.1 Å². The van der Waals surface area contributed by atoms with Gasteiger partial charge in [0.1, 0.15) is 0 Å². The van der Waals surface area contributed by atoms with Gasteiger partial charge in [0.15, 0.2) is 0 Å². The van der Waals surface area contributed by atoms with Crippen LogP contribution in [-0.2, 0) is 10.0 Å². The monoisotopic (exact) mass is 306 g/mol. The molecule has 21 heavy (non-hydrogen) atoms. The summed E-state index contributed by atoms with van der Waals surface area (Å²) in [5.74, 6) is 5.65. The zero-order chi connectivity index (χ0) is 15.7. The topological polar surface area (TPSA) is 63.4 Å². The molecular weight excluding hydrogens is 284 g/mol. The van der Waals surface area contributed by atoms with Crippen molar-refractivity contribution in [2.24, 2.45) is 11.1 Å². The predicted molar refractivity (Wildman–Crippen MR) is 84.3 cm³/mol. The fourth-order valence-electron chi connectivity index (χ4n) is 2.52. The summed E-state index contributed by atoms with van der Waals surface area (Å²) in [5.41, 5.74) is 6.83. The van der Waals surface area contributed by atoms with Crippen LogP contribution in [0.2, 0.25) is 0 Å². The van der Waals surface area contributed by atoms with Gasteiger partial charge in [0, 0.05) is 18.7 Å². The molecule has 0 bridgehead atoms. The summed E-state index contributed by atoms with van der Waals surface area (Å²) in [6.07, 6.45) is 0.887. The van der Waals surface area contributed by atoms with Crippen LogP contribution in [0.1, 0.15) is 31.4 Å². The van der Waals surface area contributed by atoms with Crippen LogP contribution in [0, 0.1) is 24.2 Å². The first-order chi connectivity index (χ1) is 9.76. The van der Waals surface area contributed by atoms with Crippen molar-refractivity contribution >= 4 is 10.0 Å². The molecule has 0 unspecified atom stereocenters. The summed E-state index contributed by atoms with van der Waals surface area (Å²) in [5, 5.41) is 0. The molecule has 0 saturated carbocycles. The molecule has 0 radical (unpaired) electrons. The van der Waals surface area contributed by atoms with Crippen LogP contribution in [0.15, 0.2) is 23.1 Å². The highest BCUT2D eigenvalue weighted by Gasteiger charge is 2.37. The molecule has 1 heterocycles. The molecule has 1 aromatic rings.